The zero-order valence-corrected chi connectivity index (χ0v) is 11.7. The Morgan fingerprint density at radius 3 is 2.95 bits per heavy atom. The summed E-state index contributed by atoms with van der Waals surface area (Å²) in [6.07, 6.45) is 3.63. The number of fused-ring (bicyclic) bond motifs is 2. The number of hydrogen-bond acceptors (Lipinski definition) is 4. The predicted octanol–water partition coefficient (Wildman–Crippen LogP) is 1.91. The lowest BCUT2D eigenvalue weighted by Gasteiger charge is -2.07. The van der Waals surface area contributed by atoms with E-state index in [4.69, 9.17) is 15.2 Å². The van der Waals surface area contributed by atoms with E-state index in [2.05, 4.69) is 9.55 Å². The fourth-order valence-corrected chi connectivity index (χ4v) is 2.60. The molecule has 22 heavy (non-hydrogen) atoms. The smallest absolute Gasteiger partial charge is 0.267 e. The van der Waals surface area contributed by atoms with Crippen LogP contribution in [0.25, 0.3) is 10.9 Å². The molecule has 3 heterocycles. The minimum atomic E-state index is -0.523. The Kier molecular flexibility index (Phi) is 2.75. The summed E-state index contributed by atoms with van der Waals surface area (Å²) in [5.41, 5.74) is 7.57. The number of nitrogens with zero attached hydrogens (tertiary/aromatic N) is 2. The van der Waals surface area contributed by atoms with E-state index in [1.165, 1.54) is 0 Å². The zero-order valence-electron chi connectivity index (χ0n) is 11.7. The van der Waals surface area contributed by atoms with Crippen molar-refractivity contribution in [2.75, 3.05) is 6.79 Å². The third-order valence-corrected chi connectivity index (χ3v) is 3.70. The van der Waals surface area contributed by atoms with Gasteiger partial charge in [-0.05, 0) is 29.8 Å². The summed E-state index contributed by atoms with van der Waals surface area (Å²) < 4.78 is 12.8. The quantitative estimate of drug-likeness (QED) is 0.800. The number of carbonyl (C=O) groups excluding carboxylic acids is 1. The fourth-order valence-electron chi connectivity index (χ4n) is 2.60. The zero-order chi connectivity index (χ0) is 15.1. The van der Waals surface area contributed by atoms with Crippen molar-refractivity contribution >= 4 is 16.8 Å². The number of rotatable bonds is 3. The van der Waals surface area contributed by atoms with Crippen molar-refractivity contribution in [3.8, 4) is 11.5 Å². The van der Waals surface area contributed by atoms with Gasteiger partial charge in [0, 0.05) is 18.1 Å². The second-order valence-corrected chi connectivity index (χ2v) is 5.12. The normalized spacial score (nSPS) is 12.7. The van der Waals surface area contributed by atoms with Crippen molar-refractivity contribution in [2.45, 2.75) is 6.54 Å². The van der Waals surface area contributed by atoms with Crippen LogP contribution in [0, 0.1) is 0 Å². The van der Waals surface area contributed by atoms with Crippen molar-refractivity contribution in [1.29, 1.82) is 0 Å². The second-order valence-electron chi connectivity index (χ2n) is 5.12. The molecule has 1 aliphatic rings. The Balaban J connectivity index is 1.68. The van der Waals surface area contributed by atoms with Gasteiger partial charge in [0.25, 0.3) is 5.91 Å². The minimum Gasteiger partial charge on any atom is -0.454 e. The maximum absolute atomic E-state index is 11.2. The summed E-state index contributed by atoms with van der Waals surface area (Å²) >= 11 is 0. The standard InChI is InChI=1S/C16H13N3O3/c17-16(20)12-6-11-3-4-19(13(11)7-18-12)8-10-1-2-14-15(5-10)22-9-21-14/h1-7H,8-9H2,(H2,17,20). The van der Waals surface area contributed by atoms with Crippen LogP contribution in [0.4, 0.5) is 0 Å². The van der Waals surface area contributed by atoms with E-state index in [0.717, 1.165) is 28.0 Å². The van der Waals surface area contributed by atoms with Crippen LogP contribution in [0.3, 0.4) is 0 Å². The van der Waals surface area contributed by atoms with Crippen LogP contribution in [-0.4, -0.2) is 22.3 Å². The van der Waals surface area contributed by atoms with Crippen molar-refractivity contribution in [3.05, 3.63) is 54.0 Å². The van der Waals surface area contributed by atoms with Crippen molar-refractivity contribution in [2.24, 2.45) is 5.73 Å². The summed E-state index contributed by atoms with van der Waals surface area (Å²) in [4.78, 5) is 15.3. The summed E-state index contributed by atoms with van der Waals surface area (Å²) in [5, 5.41) is 0.935. The predicted molar refractivity (Wildman–Crippen MR) is 79.9 cm³/mol. The van der Waals surface area contributed by atoms with Crippen molar-refractivity contribution < 1.29 is 14.3 Å². The van der Waals surface area contributed by atoms with Crippen LogP contribution in [0.2, 0.25) is 0 Å². The number of ether oxygens (including phenoxy) is 2. The second kappa shape index (κ2) is 4.77. The summed E-state index contributed by atoms with van der Waals surface area (Å²) in [7, 11) is 0. The van der Waals surface area contributed by atoms with E-state index in [1.54, 1.807) is 12.3 Å². The van der Waals surface area contributed by atoms with Gasteiger partial charge in [-0.2, -0.15) is 0 Å². The van der Waals surface area contributed by atoms with Gasteiger partial charge >= 0.3 is 0 Å². The molecule has 4 rings (SSSR count). The first-order chi connectivity index (χ1) is 10.7. The highest BCUT2D eigenvalue weighted by molar-refractivity contribution is 5.94. The molecule has 6 nitrogen and oxygen atoms in total. The van der Waals surface area contributed by atoms with Crippen LogP contribution >= 0.6 is 0 Å². The summed E-state index contributed by atoms with van der Waals surface area (Å²) in [6, 6.07) is 9.53. The molecule has 0 atom stereocenters. The number of carbonyl (C=O) groups is 1. The number of amides is 1. The molecule has 1 aromatic carbocycles. The molecule has 0 saturated heterocycles. The molecule has 2 N–H and O–H groups in total. The molecule has 1 amide bonds. The van der Waals surface area contributed by atoms with Crippen LogP contribution in [0.5, 0.6) is 11.5 Å². The van der Waals surface area contributed by atoms with E-state index in [0.29, 0.717) is 6.54 Å². The largest absolute Gasteiger partial charge is 0.454 e. The third-order valence-electron chi connectivity index (χ3n) is 3.70. The molecule has 110 valence electrons. The number of primary amides is 1. The highest BCUT2D eigenvalue weighted by atomic mass is 16.7. The van der Waals surface area contributed by atoms with Crippen LogP contribution in [-0.2, 0) is 6.54 Å². The minimum absolute atomic E-state index is 0.269. The van der Waals surface area contributed by atoms with Gasteiger partial charge in [0.2, 0.25) is 6.79 Å². The summed E-state index contributed by atoms with van der Waals surface area (Å²) in [6.45, 7) is 0.947. The molecule has 0 saturated carbocycles. The van der Waals surface area contributed by atoms with E-state index >= 15 is 0 Å². The Labute approximate surface area is 126 Å². The van der Waals surface area contributed by atoms with Gasteiger partial charge in [-0.15, -0.1) is 0 Å². The van der Waals surface area contributed by atoms with Gasteiger partial charge in [-0.25, -0.2) is 4.98 Å². The van der Waals surface area contributed by atoms with E-state index in [-0.39, 0.29) is 12.5 Å². The first kappa shape index (κ1) is 12.7. The lowest BCUT2D eigenvalue weighted by molar-refractivity contribution is 0.0995. The SMILES string of the molecule is NC(=O)c1cc2ccn(Cc3ccc4c(c3)OCO4)c2cn1. The molecular weight excluding hydrogens is 282 g/mol. The molecule has 0 bridgehead atoms. The van der Waals surface area contributed by atoms with E-state index in [9.17, 15) is 4.79 Å². The molecule has 2 aromatic heterocycles. The molecule has 3 aromatic rings. The average Bonchev–Trinajstić information content (AvgIpc) is 3.13. The van der Waals surface area contributed by atoms with Gasteiger partial charge in [0.15, 0.2) is 11.5 Å². The number of benzene rings is 1. The van der Waals surface area contributed by atoms with Crippen LogP contribution < -0.4 is 15.2 Å². The lowest BCUT2D eigenvalue weighted by Crippen LogP contribution is -2.12. The van der Waals surface area contributed by atoms with Crippen LogP contribution in [0.15, 0.2) is 42.7 Å². The number of pyridine rings is 1. The van der Waals surface area contributed by atoms with Gasteiger partial charge in [-0.3, -0.25) is 4.79 Å². The lowest BCUT2D eigenvalue weighted by atomic mass is 10.2. The van der Waals surface area contributed by atoms with Gasteiger partial charge in [-0.1, -0.05) is 6.07 Å². The molecule has 0 aliphatic carbocycles. The van der Waals surface area contributed by atoms with Gasteiger partial charge in [0.05, 0.1) is 11.7 Å². The number of aromatic nitrogens is 2. The highest BCUT2D eigenvalue weighted by Crippen LogP contribution is 2.33. The van der Waals surface area contributed by atoms with E-state index < -0.39 is 5.91 Å². The number of nitrogens with two attached hydrogens (primary N) is 1. The maximum Gasteiger partial charge on any atom is 0.267 e. The molecule has 0 fully saturated rings. The fraction of sp³-hybridized carbons (Fsp3) is 0.125. The molecule has 6 heteroatoms. The highest BCUT2D eigenvalue weighted by Gasteiger charge is 2.14. The monoisotopic (exact) mass is 295 g/mol. The molecule has 1 aliphatic heterocycles. The topological polar surface area (TPSA) is 79.4 Å². The first-order valence-electron chi connectivity index (χ1n) is 6.84. The molecule has 0 radical (unpaired) electrons. The Morgan fingerprint density at radius 2 is 2.09 bits per heavy atom. The van der Waals surface area contributed by atoms with Crippen molar-refractivity contribution in [3.63, 3.8) is 0 Å². The van der Waals surface area contributed by atoms with Crippen LogP contribution in [0.1, 0.15) is 16.1 Å². The molecule has 0 spiro atoms. The van der Waals surface area contributed by atoms with Gasteiger partial charge in [0.1, 0.15) is 5.69 Å². The third kappa shape index (κ3) is 2.05. The Bertz CT molecular complexity index is 885. The molecular formula is C16H13N3O3. The number of hydrogen-bond donors (Lipinski definition) is 1. The van der Waals surface area contributed by atoms with Crippen molar-refractivity contribution in [1.82, 2.24) is 9.55 Å². The van der Waals surface area contributed by atoms with E-state index in [1.807, 2.05) is 30.5 Å². The summed E-state index contributed by atoms with van der Waals surface area (Å²) in [5.74, 6) is 1.02. The average molecular weight is 295 g/mol. The maximum atomic E-state index is 11.2. The Hall–Kier alpha value is -3.02. The first-order valence-corrected chi connectivity index (χ1v) is 6.84. The molecule has 0 unspecified atom stereocenters. The Morgan fingerprint density at radius 1 is 1.23 bits per heavy atom. The van der Waals surface area contributed by atoms with Gasteiger partial charge < -0.3 is 19.8 Å².